The van der Waals surface area contributed by atoms with Gasteiger partial charge in [0.05, 0.1) is 18.1 Å². The molecule has 0 heterocycles. The van der Waals surface area contributed by atoms with Crippen LogP contribution in [0.1, 0.15) is 72.9 Å². The Bertz CT molecular complexity index is 1240. The van der Waals surface area contributed by atoms with Crippen molar-refractivity contribution in [3.8, 4) is 0 Å². The molecule has 10 nitrogen and oxygen atoms in total. The van der Waals surface area contributed by atoms with Gasteiger partial charge in [-0.1, -0.05) is 95.3 Å². The van der Waals surface area contributed by atoms with Crippen LogP contribution < -0.4 is 21.3 Å². The van der Waals surface area contributed by atoms with Gasteiger partial charge in [-0.25, -0.2) is 4.79 Å². The summed E-state index contributed by atoms with van der Waals surface area (Å²) in [5.41, 5.74) is 0.731. The lowest BCUT2D eigenvalue weighted by Crippen LogP contribution is -2.57. The van der Waals surface area contributed by atoms with Crippen molar-refractivity contribution < 1.29 is 29.0 Å². The molecule has 0 saturated carbocycles. The summed E-state index contributed by atoms with van der Waals surface area (Å²) in [6.07, 6.45) is -1.62. The van der Waals surface area contributed by atoms with Crippen LogP contribution in [0.4, 0.5) is 4.79 Å². The van der Waals surface area contributed by atoms with E-state index in [9.17, 15) is 24.3 Å². The number of aliphatic hydroxyl groups excluding tert-OH is 1. The van der Waals surface area contributed by atoms with E-state index in [-0.39, 0.29) is 43.7 Å². The molecule has 2 aromatic rings. The van der Waals surface area contributed by atoms with Gasteiger partial charge in [0.15, 0.2) is 0 Å². The van der Waals surface area contributed by atoms with Gasteiger partial charge in [-0.15, -0.1) is 0 Å². The normalized spacial score (nSPS) is 14.4. The molecular weight excluding hydrogens is 572 g/mol. The second-order valence-electron chi connectivity index (χ2n) is 14.0. The number of benzene rings is 2. The number of amides is 4. The average Bonchev–Trinajstić information content (AvgIpc) is 2.95. The van der Waals surface area contributed by atoms with E-state index in [4.69, 9.17) is 4.74 Å². The molecule has 10 heteroatoms. The molecule has 0 saturated heterocycles. The van der Waals surface area contributed by atoms with E-state index in [0.29, 0.717) is 0 Å². The lowest BCUT2D eigenvalue weighted by Gasteiger charge is -2.32. The molecule has 0 fully saturated rings. The zero-order valence-electron chi connectivity index (χ0n) is 28.0. The molecule has 0 aliphatic carbocycles. The SMILES string of the molecule is CC(C)[C@H](NC(=O)OCc1ccccc1)C(=O)N[C@@H](Cc1ccccc1)[C@@H](O)CNC(=O)[C@@H](CC(=O)NC(C)(C)C)C(C)(C)C. The van der Waals surface area contributed by atoms with Crippen molar-refractivity contribution in [2.24, 2.45) is 17.3 Å². The number of aliphatic hydroxyl groups is 1. The third kappa shape index (κ3) is 13.7. The number of nitrogens with one attached hydrogen (secondary N) is 4. The van der Waals surface area contributed by atoms with Crippen LogP contribution in [-0.4, -0.2) is 59.2 Å². The van der Waals surface area contributed by atoms with Gasteiger partial charge >= 0.3 is 6.09 Å². The largest absolute Gasteiger partial charge is 0.445 e. The summed E-state index contributed by atoms with van der Waals surface area (Å²) in [5, 5.41) is 22.5. The van der Waals surface area contributed by atoms with E-state index in [0.717, 1.165) is 11.1 Å². The Kier molecular flexibility index (Phi) is 14.0. The van der Waals surface area contributed by atoms with E-state index in [1.165, 1.54) is 0 Å². The van der Waals surface area contributed by atoms with E-state index < -0.39 is 47.1 Å². The molecule has 0 aliphatic rings. The van der Waals surface area contributed by atoms with Gasteiger partial charge in [-0.05, 0) is 49.7 Å². The summed E-state index contributed by atoms with van der Waals surface area (Å²) in [4.78, 5) is 52.1. The van der Waals surface area contributed by atoms with Crippen LogP contribution >= 0.6 is 0 Å². The average molecular weight is 625 g/mol. The summed E-state index contributed by atoms with van der Waals surface area (Å²) >= 11 is 0. The molecule has 248 valence electrons. The van der Waals surface area contributed by atoms with Gasteiger partial charge in [0.1, 0.15) is 12.6 Å². The first-order valence-electron chi connectivity index (χ1n) is 15.5. The van der Waals surface area contributed by atoms with Crippen LogP contribution in [0.2, 0.25) is 0 Å². The minimum Gasteiger partial charge on any atom is -0.445 e. The highest BCUT2D eigenvalue weighted by Crippen LogP contribution is 2.29. The lowest BCUT2D eigenvalue weighted by atomic mass is 9.77. The predicted molar refractivity (Wildman–Crippen MR) is 175 cm³/mol. The summed E-state index contributed by atoms with van der Waals surface area (Å²) in [5.74, 6) is -2.01. The summed E-state index contributed by atoms with van der Waals surface area (Å²) in [6, 6.07) is 16.8. The molecule has 2 aromatic carbocycles. The molecule has 2 rings (SSSR count). The third-order valence-electron chi connectivity index (χ3n) is 7.28. The molecule has 0 aliphatic heterocycles. The summed E-state index contributed by atoms with van der Waals surface area (Å²) < 4.78 is 5.32. The number of rotatable bonds is 14. The molecule has 0 unspecified atom stereocenters. The number of carbonyl (C=O) groups excluding carboxylic acids is 4. The highest BCUT2D eigenvalue weighted by Gasteiger charge is 2.35. The maximum Gasteiger partial charge on any atom is 0.408 e. The Morgan fingerprint density at radius 3 is 1.87 bits per heavy atom. The highest BCUT2D eigenvalue weighted by atomic mass is 16.5. The number of alkyl carbamates (subject to hydrolysis) is 1. The van der Waals surface area contributed by atoms with E-state index in [1.54, 1.807) is 13.8 Å². The quantitative estimate of drug-likeness (QED) is 0.214. The van der Waals surface area contributed by atoms with Gasteiger partial charge in [0.25, 0.3) is 0 Å². The Balaban J connectivity index is 2.13. The van der Waals surface area contributed by atoms with Crippen LogP contribution in [0, 0.1) is 17.3 Å². The van der Waals surface area contributed by atoms with Crippen LogP contribution in [0.3, 0.4) is 0 Å². The molecular formula is C35H52N4O6. The smallest absolute Gasteiger partial charge is 0.408 e. The van der Waals surface area contributed by atoms with Crippen molar-refractivity contribution in [2.75, 3.05) is 6.54 Å². The third-order valence-corrected chi connectivity index (χ3v) is 7.28. The van der Waals surface area contributed by atoms with Crippen LogP contribution in [0.25, 0.3) is 0 Å². The highest BCUT2D eigenvalue weighted by molar-refractivity contribution is 5.87. The first-order valence-corrected chi connectivity index (χ1v) is 15.5. The first-order chi connectivity index (χ1) is 21.0. The van der Waals surface area contributed by atoms with Crippen molar-refractivity contribution in [3.05, 3.63) is 71.8 Å². The van der Waals surface area contributed by atoms with Crippen LogP contribution in [-0.2, 0) is 32.1 Å². The zero-order valence-corrected chi connectivity index (χ0v) is 28.0. The van der Waals surface area contributed by atoms with Crippen LogP contribution in [0.5, 0.6) is 0 Å². The second-order valence-corrected chi connectivity index (χ2v) is 14.0. The predicted octanol–water partition coefficient (Wildman–Crippen LogP) is 4.11. The number of hydrogen-bond donors (Lipinski definition) is 5. The minimum absolute atomic E-state index is 0.00497. The Morgan fingerprint density at radius 2 is 1.36 bits per heavy atom. The van der Waals surface area contributed by atoms with Gasteiger partial charge in [-0.2, -0.15) is 0 Å². The van der Waals surface area contributed by atoms with Crippen molar-refractivity contribution in [1.82, 2.24) is 21.3 Å². The summed E-state index contributed by atoms with van der Waals surface area (Å²) in [6.45, 7) is 14.8. The number of hydrogen-bond acceptors (Lipinski definition) is 6. The maximum atomic E-state index is 13.5. The van der Waals surface area contributed by atoms with E-state index >= 15 is 0 Å². The standard InChI is InChI=1S/C35H52N4O6/c1-23(2)30(38-33(44)45-22-25-17-13-10-14-18-25)32(43)37-27(19-24-15-11-9-12-16-24)28(40)21-36-31(42)26(34(3,4)5)20-29(41)39-35(6,7)8/h9-18,23,26-28,30,40H,19-22H2,1-8H3,(H,36,42)(H,37,43)(H,38,44)(H,39,41)/t26-,27+,28+,30+/m1/s1. The zero-order chi connectivity index (χ0) is 33.8. The fourth-order valence-corrected chi connectivity index (χ4v) is 4.77. The Labute approximate surface area is 268 Å². The van der Waals surface area contributed by atoms with Gasteiger partial charge in [0.2, 0.25) is 17.7 Å². The fraction of sp³-hybridized carbons (Fsp3) is 0.543. The fourth-order valence-electron chi connectivity index (χ4n) is 4.77. The summed E-state index contributed by atoms with van der Waals surface area (Å²) in [7, 11) is 0. The van der Waals surface area contributed by atoms with Crippen molar-refractivity contribution >= 4 is 23.8 Å². The molecule has 0 bridgehead atoms. The lowest BCUT2D eigenvalue weighted by molar-refractivity contribution is -0.134. The van der Waals surface area contributed by atoms with Crippen molar-refractivity contribution in [2.45, 2.75) is 98.6 Å². The van der Waals surface area contributed by atoms with Crippen LogP contribution in [0.15, 0.2) is 60.7 Å². The monoisotopic (exact) mass is 624 g/mol. The van der Waals surface area contributed by atoms with E-state index in [1.807, 2.05) is 102 Å². The van der Waals surface area contributed by atoms with Gasteiger partial charge < -0.3 is 31.1 Å². The molecule has 5 N–H and O–H groups in total. The first kappa shape index (κ1) is 37.3. The molecule has 0 aromatic heterocycles. The van der Waals surface area contributed by atoms with Crippen molar-refractivity contribution in [1.29, 1.82) is 0 Å². The Morgan fingerprint density at radius 1 is 0.800 bits per heavy atom. The number of carbonyl (C=O) groups is 4. The topological polar surface area (TPSA) is 146 Å². The molecule has 4 atom stereocenters. The molecule has 0 spiro atoms. The van der Waals surface area contributed by atoms with Gasteiger partial charge in [0, 0.05) is 18.5 Å². The van der Waals surface area contributed by atoms with Crippen molar-refractivity contribution in [3.63, 3.8) is 0 Å². The molecule has 0 radical (unpaired) electrons. The molecule has 45 heavy (non-hydrogen) atoms. The molecule has 4 amide bonds. The number of ether oxygens (including phenoxy) is 1. The van der Waals surface area contributed by atoms with Gasteiger partial charge in [-0.3, -0.25) is 14.4 Å². The van der Waals surface area contributed by atoms with E-state index in [2.05, 4.69) is 21.3 Å². The minimum atomic E-state index is -1.17. The second kappa shape index (κ2) is 17.0. The Hall–Kier alpha value is -3.92. The maximum absolute atomic E-state index is 13.5.